The summed E-state index contributed by atoms with van der Waals surface area (Å²) in [5, 5.41) is 30.4. The van der Waals surface area contributed by atoms with Crippen molar-refractivity contribution >= 4 is 0 Å². The minimum atomic E-state index is -0.621. The molecule has 3 heteroatoms. The summed E-state index contributed by atoms with van der Waals surface area (Å²) >= 11 is 0. The van der Waals surface area contributed by atoms with Gasteiger partial charge in [-0.1, -0.05) is 50.3 Å². The largest absolute Gasteiger partial charge is 0.393 e. The topological polar surface area (TPSA) is 60.7 Å². The van der Waals surface area contributed by atoms with Crippen LogP contribution in [0.15, 0.2) is 47.6 Å². The third-order valence-electron chi connectivity index (χ3n) is 8.65. The van der Waals surface area contributed by atoms with Crippen molar-refractivity contribution in [2.24, 2.45) is 29.1 Å². The van der Waals surface area contributed by atoms with Crippen molar-refractivity contribution in [1.29, 1.82) is 0 Å². The SMILES string of the molecule is C=C1/C(=C\C=C2/CCC[C@]3(C)[C@@H]2CC[C@H]3[C@H](C)/C=C/[C@@H](O)C2CC2)C[C@H](O)C[C@H]1O. The second-order valence-electron chi connectivity index (χ2n) is 10.7. The Morgan fingerprint density at radius 2 is 1.87 bits per heavy atom. The van der Waals surface area contributed by atoms with Gasteiger partial charge in [0.05, 0.1) is 18.3 Å². The molecule has 166 valence electrons. The Morgan fingerprint density at radius 1 is 1.10 bits per heavy atom. The summed E-state index contributed by atoms with van der Waals surface area (Å²) in [6.45, 7) is 8.88. The number of aliphatic hydroxyl groups is 3. The van der Waals surface area contributed by atoms with E-state index < -0.39 is 12.2 Å². The molecule has 0 heterocycles. The number of aliphatic hydroxyl groups excluding tert-OH is 3. The predicted molar refractivity (Wildman–Crippen MR) is 122 cm³/mol. The molecule has 30 heavy (non-hydrogen) atoms. The van der Waals surface area contributed by atoms with Crippen molar-refractivity contribution in [2.45, 2.75) is 89.9 Å². The highest BCUT2D eigenvalue weighted by Crippen LogP contribution is 2.59. The van der Waals surface area contributed by atoms with Crippen molar-refractivity contribution < 1.29 is 15.3 Å². The van der Waals surface area contributed by atoms with Crippen LogP contribution in [0.1, 0.15) is 71.6 Å². The van der Waals surface area contributed by atoms with E-state index in [0.717, 1.165) is 17.6 Å². The molecular weight excluding hydrogens is 372 g/mol. The van der Waals surface area contributed by atoms with E-state index in [-0.39, 0.29) is 6.10 Å². The lowest BCUT2D eigenvalue weighted by molar-refractivity contribution is 0.0862. The van der Waals surface area contributed by atoms with Gasteiger partial charge in [-0.2, -0.15) is 0 Å². The van der Waals surface area contributed by atoms with Gasteiger partial charge >= 0.3 is 0 Å². The molecule has 3 nitrogen and oxygen atoms in total. The fourth-order valence-corrected chi connectivity index (χ4v) is 6.63. The molecule has 0 saturated heterocycles. The van der Waals surface area contributed by atoms with Gasteiger partial charge in [0, 0.05) is 6.42 Å². The van der Waals surface area contributed by atoms with Crippen LogP contribution in [0.4, 0.5) is 0 Å². The third kappa shape index (κ3) is 4.40. The predicted octanol–water partition coefficient (Wildman–Crippen LogP) is 5.09. The Labute approximate surface area is 182 Å². The van der Waals surface area contributed by atoms with E-state index >= 15 is 0 Å². The molecule has 0 amide bonds. The van der Waals surface area contributed by atoms with Crippen LogP contribution in [-0.4, -0.2) is 33.6 Å². The van der Waals surface area contributed by atoms with E-state index in [1.165, 1.54) is 44.1 Å². The lowest BCUT2D eigenvalue weighted by Crippen LogP contribution is -2.35. The normalized spacial score (nSPS) is 42.1. The summed E-state index contributed by atoms with van der Waals surface area (Å²) in [5.74, 6) is 2.28. The zero-order valence-electron chi connectivity index (χ0n) is 18.8. The molecule has 4 aliphatic rings. The van der Waals surface area contributed by atoms with Gasteiger partial charge in [0.2, 0.25) is 0 Å². The van der Waals surface area contributed by atoms with Crippen molar-refractivity contribution in [3.8, 4) is 0 Å². The number of fused-ring (bicyclic) bond motifs is 1. The fraction of sp³-hybridized carbons (Fsp3) is 0.704. The first-order valence-electron chi connectivity index (χ1n) is 12.1. The Bertz CT molecular complexity index is 743. The molecule has 0 bridgehead atoms. The first kappa shape index (κ1) is 22.0. The molecule has 0 aromatic heterocycles. The average Bonchev–Trinajstić information content (AvgIpc) is 3.49. The van der Waals surface area contributed by atoms with Crippen LogP contribution in [0.5, 0.6) is 0 Å². The zero-order valence-corrected chi connectivity index (χ0v) is 18.8. The van der Waals surface area contributed by atoms with Crippen LogP contribution in [-0.2, 0) is 0 Å². The highest BCUT2D eigenvalue weighted by atomic mass is 16.3. The standard InChI is InChI=1S/C27H40O3/c1-17(6-13-25(29)20-8-9-20)23-11-12-24-19(5-4-14-27(23,24)3)7-10-21-15-22(28)16-26(30)18(21)2/h6-7,10,13,17,20,22-26,28-30H,2,4-5,8-9,11-12,14-16H2,1,3H3/b13-6+,19-7+,21-10-/t17-,22+,23+,24-,25-,26-,27+/m1/s1. The van der Waals surface area contributed by atoms with Crippen molar-refractivity contribution in [3.05, 3.63) is 47.6 Å². The quantitative estimate of drug-likeness (QED) is 0.551. The Morgan fingerprint density at radius 3 is 2.60 bits per heavy atom. The van der Waals surface area contributed by atoms with Crippen molar-refractivity contribution in [1.82, 2.24) is 0 Å². The van der Waals surface area contributed by atoms with E-state index in [9.17, 15) is 15.3 Å². The van der Waals surface area contributed by atoms with Crippen LogP contribution < -0.4 is 0 Å². The molecule has 0 aromatic carbocycles. The lowest BCUT2D eigenvalue weighted by atomic mass is 9.61. The van der Waals surface area contributed by atoms with Gasteiger partial charge in [-0.3, -0.25) is 0 Å². The van der Waals surface area contributed by atoms with E-state index in [2.05, 4.69) is 44.7 Å². The number of rotatable bonds is 5. The second-order valence-corrected chi connectivity index (χ2v) is 10.7. The molecule has 0 spiro atoms. The van der Waals surface area contributed by atoms with E-state index in [4.69, 9.17) is 0 Å². The molecule has 4 rings (SSSR count). The molecule has 4 saturated carbocycles. The average molecular weight is 413 g/mol. The smallest absolute Gasteiger partial charge is 0.0811 e. The van der Waals surface area contributed by atoms with Crippen molar-refractivity contribution in [2.75, 3.05) is 0 Å². The third-order valence-corrected chi connectivity index (χ3v) is 8.65. The molecule has 3 N–H and O–H groups in total. The monoisotopic (exact) mass is 412 g/mol. The lowest BCUT2D eigenvalue weighted by Gasteiger charge is -2.44. The molecule has 4 aliphatic carbocycles. The van der Waals surface area contributed by atoms with E-state index in [0.29, 0.717) is 41.9 Å². The Balaban J connectivity index is 1.48. The van der Waals surface area contributed by atoms with Gasteiger partial charge in [-0.05, 0) is 91.6 Å². The Kier molecular flexibility index (Phi) is 6.44. The van der Waals surface area contributed by atoms with Crippen LogP contribution >= 0.6 is 0 Å². The maximum atomic E-state index is 10.2. The number of allylic oxidation sites excluding steroid dienone is 4. The summed E-state index contributed by atoms with van der Waals surface area (Å²) in [5.41, 5.74) is 3.63. The second kappa shape index (κ2) is 8.76. The summed E-state index contributed by atoms with van der Waals surface area (Å²) in [6.07, 6.45) is 16.9. The van der Waals surface area contributed by atoms with E-state index in [1.807, 2.05) is 0 Å². The molecule has 0 radical (unpaired) electrons. The van der Waals surface area contributed by atoms with Crippen molar-refractivity contribution in [3.63, 3.8) is 0 Å². The number of hydrogen-bond donors (Lipinski definition) is 3. The molecule has 0 unspecified atom stereocenters. The first-order chi connectivity index (χ1) is 14.3. The zero-order chi connectivity index (χ0) is 21.5. The van der Waals surface area contributed by atoms with Gasteiger partial charge in [0.25, 0.3) is 0 Å². The van der Waals surface area contributed by atoms with Gasteiger partial charge in [-0.25, -0.2) is 0 Å². The first-order valence-corrected chi connectivity index (χ1v) is 12.1. The van der Waals surface area contributed by atoms with Crippen LogP contribution in [0, 0.1) is 29.1 Å². The molecule has 4 fully saturated rings. The number of hydrogen-bond acceptors (Lipinski definition) is 3. The maximum absolute atomic E-state index is 10.2. The molecule has 0 aromatic rings. The van der Waals surface area contributed by atoms with E-state index in [1.54, 1.807) is 0 Å². The summed E-state index contributed by atoms with van der Waals surface area (Å²) < 4.78 is 0. The minimum absolute atomic E-state index is 0.250. The molecule has 7 atom stereocenters. The van der Waals surface area contributed by atoms with Gasteiger partial charge in [0.1, 0.15) is 0 Å². The highest BCUT2D eigenvalue weighted by Gasteiger charge is 2.50. The fourth-order valence-electron chi connectivity index (χ4n) is 6.63. The van der Waals surface area contributed by atoms with Gasteiger partial charge in [-0.15, -0.1) is 0 Å². The summed E-state index contributed by atoms with van der Waals surface area (Å²) in [4.78, 5) is 0. The summed E-state index contributed by atoms with van der Waals surface area (Å²) in [6, 6.07) is 0. The summed E-state index contributed by atoms with van der Waals surface area (Å²) in [7, 11) is 0. The van der Waals surface area contributed by atoms with Crippen LogP contribution in [0.2, 0.25) is 0 Å². The maximum Gasteiger partial charge on any atom is 0.0811 e. The van der Waals surface area contributed by atoms with Gasteiger partial charge < -0.3 is 15.3 Å². The minimum Gasteiger partial charge on any atom is -0.393 e. The van der Waals surface area contributed by atoms with Gasteiger partial charge in [0.15, 0.2) is 0 Å². The molecule has 0 aliphatic heterocycles. The highest BCUT2D eigenvalue weighted by molar-refractivity contribution is 5.38. The molecular formula is C27H40O3. The van der Waals surface area contributed by atoms with Crippen LogP contribution in [0.3, 0.4) is 0 Å². The Hall–Kier alpha value is -1.16. The van der Waals surface area contributed by atoms with Crippen LogP contribution in [0.25, 0.3) is 0 Å².